The van der Waals surface area contributed by atoms with Gasteiger partial charge in [-0.2, -0.15) is 17.0 Å². The van der Waals surface area contributed by atoms with Gasteiger partial charge in [-0.1, -0.05) is 36.4 Å². The number of aryl methyl sites for hydroxylation is 2. The summed E-state index contributed by atoms with van der Waals surface area (Å²) in [5, 5.41) is 11.9. The number of benzene rings is 2. The third-order valence-electron chi connectivity index (χ3n) is 3.72. The fourth-order valence-corrected chi connectivity index (χ4v) is 3.28. The third-order valence-corrected chi connectivity index (χ3v) is 4.73. The molecule has 0 fully saturated rings. The van der Waals surface area contributed by atoms with E-state index in [0.29, 0.717) is 12.1 Å². The molecule has 2 aromatic rings. The zero-order valence-corrected chi connectivity index (χ0v) is 15.4. The normalized spacial score (nSPS) is 10.1. The average molecular weight is 354 g/mol. The Labute approximate surface area is 153 Å². The van der Waals surface area contributed by atoms with E-state index in [-0.39, 0.29) is 12.5 Å². The van der Waals surface area contributed by atoms with E-state index in [9.17, 15) is 4.79 Å². The molecule has 0 saturated heterocycles. The van der Waals surface area contributed by atoms with Crippen molar-refractivity contribution in [2.24, 2.45) is 0 Å². The number of carbonyl (C=O) groups is 1. The van der Waals surface area contributed by atoms with Crippen molar-refractivity contribution in [1.82, 2.24) is 5.32 Å². The van der Waals surface area contributed by atoms with Gasteiger partial charge in [-0.3, -0.25) is 4.79 Å². The summed E-state index contributed by atoms with van der Waals surface area (Å²) in [5.41, 5.74) is 3.79. The Morgan fingerprint density at radius 2 is 1.88 bits per heavy atom. The maximum absolute atomic E-state index is 11.9. The highest BCUT2D eigenvalue weighted by molar-refractivity contribution is 7.98. The minimum atomic E-state index is -0.124. The molecule has 0 aliphatic rings. The Bertz CT molecular complexity index is 748. The first-order chi connectivity index (χ1) is 12.1. The van der Waals surface area contributed by atoms with Crippen molar-refractivity contribution < 1.29 is 9.53 Å². The molecular formula is C20H22N2O2S. The van der Waals surface area contributed by atoms with Gasteiger partial charge < -0.3 is 10.1 Å². The van der Waals surface area contributed by atoms with E-state index in [0.717, 1.165) is 33.9 Å². The molecule has 1 N–H and O–H groups in total. The number of nitriles is 1. The topological polar surface area (TPSA) is 62.1 Å². The van der Waals surface area contributed by atoms with Crippen molar-refractivity contribution in [3.05, 3.63) is 64.7 Å². The Morgan fingerprint density at radius 3 is 2.60 bits per heavy atom. The van der Waals surface area contributed by atoms with E-state index in [1.807, 2.05) is 56.3 Å². The van der Waals surface area contributed by atoms with Gasteiger partial charge in [0.15, 0.2) is 6.61 Å². The van der Waals surface area contributed by atoms with Crippen LogP contribution in [0.25, 0.3) is 0 Å². The molecule has 0 heterocycles. The van der Waals surface area contributed by atoms with Crippen molar-refractivity contribution in [3.63, 3.8) is 0 Å². The van der Waals surface area contributed by atoms with Crippen molar-refractivity contribution in [2.45, 2.75) is 19.6 Å². The molecule has 0 bridgehead atoms. The summed E-state index contributed by atoms with van der Waals surface area (Å²) in [7, 11) is 0. The number of hydrogen-bond donors (Lipinski definition) is 1. The minimum Gasteiger partial charge on any atom is -0.483 e. The fraction of sp³-hybridized carbons (Fsp3) is 0.300. The van der Waals surface area contributed by atoms with Crippen LogP contribution in [0.3, 0.4) is 0 Å². The summed E-state index contributed by atoms with van der Waals surface area (Å²) >= 11 is 1.69. The number of para-hydroxylation sites is 1. The molecule has 130 valence electrons. The second-order valence-corrected chi connectivity index (χ2v) is 6.79. The minimum absolute atomic E-state index is 0.0215. The van der Waals surface area contributed by atoms with E-state index in [2.05, 4.69) is 11.4 Å². The highest BCUT2D eigenvalue weighted by atomic mass is 32.2. The fourth-order valence-electron chi connectivity index (χ4n) is 2.42. The van der Waals surface area contributed by atoms with Gasteiger partial charge in [0, 0.05) is 18.1 Å². The van der Waals surface area contributed by atoms with Gasteiger partial charge >= 0.3 is 0 Å². The summed E-state index contributed by atoms with van der Waals surface area (Å²) < 4.78 is 5.63. The van der Waals surface area contributed by atoms with Crippen LogP contribution in [0.1, 0.15) is 22.3 Å². The van der Waals surface area contributed by atoms with Crippen molar-refractivity contribution in [2.75, 3.05) is 18.9 Å². The zero-order chi connectivity index (χ0) is 18.1. The van der Waals surface area contributed by atoms with E-state index in [1.165, 1.54) is 0 Å². The monoisotopic (exact) mass is 354 g/mol. The van der Waals surface area contributed by atoms with E-state index in [4.69, 9.17) is 10.00 Å². The number of hydrogen-bond acceptors (Lipinski definition) is 4. The number of amides is 1. The molecule has 2 rings (SSSR count). The molecule has 0 unspecified atom stereocenters. The second-order valence-electron chi connectivity index (χ2n) is 5.68. The zero-order valence-electron chi connectivity index (χ0n) is 14.5. The summed E-state index contributed by atoms with van der Waals surface area (Å²) in [6.45, 7) is 4.54. The maximum atomic E-state index is 11.9. The highest BCUT2D eigenvalue weighted by Gasteiger charge is 2.07. The number of ether oxygens (including phenoxy) is 1. The van der Waals surface area contributed by atoms with Gasteiger partial charge in [0.05, 0.1) is 11.6 Å². The Kier molecular flexibility index (Phi) is 7.36. The molecule has 1 amide bonds. The largest absolute Gasteiger partial charge is 0.483 e. The smallest absolute Gasteiger partial charge is 0.257 e. The summed E-state index contributed by atoms with van der Waals surface area (Å²) in [5.74, 6) is 2.20. The van der Waals surface area contributed by atoms with Crippen LogP contribution in [0, 0.1) is 25.2 Å². The quantitative estimate of drug-likeness (QED) is 0.736. The van der Waals surface area contributed by atoms with Crippen LogP contribution < -0.4 is 10.1 Å². The maximum Gasteiger partial charge on any atom is 0.257 e. The summed E-state index contributed by atoms with van der Waals surface area (Å²) in [4.78, 5) is 11.9. The molecule has 25 heavy (non-hydrogen) atoms. The van der Waals surface area contributed by atoms with Crippen LogP contribution in [0.5, 0.6) is 5.75 Å². The number of rotatable bonds is 8. The SMILES string of the molecule is Cc1cccc(C)c1OCC(=O)NCCSCc1ccccc1C#N. The number of nitrogens with one attached hydrogen (secondary N) is 1. The lowest BCUT2D eigenvalue weighted by atomic mass is 10.1. The Morgan fingerprint density at radius 1 is 1.16 bits per heavy atom. The van der Waals surface area contributed by atoms with Crippen LogP contribution in [0.4, 0.5) is 0 Å². The van der Waals surface area contributed by atoms with Crippen molar-refractivity contribution in [1.29, 1.82) is 5.26 Å². The van der Waals surface area contributed by atoms with Crippen LogP contribution in [-0.4, -0.2) is 24.8 Å². The standard InChI is InChI=1S/C20H22N2O2S/c1-15-6-5-7-16(2)20(15)24-13-19(23)22-10-11-25-14-18-9-4-3-8-17(18)12-21/h3-9H,10-11,13-14H2,1-2H3,(H,22,23). The summed E-state index contributed by atoms with van der Waals surface area (Å²) in [6.07, 6.45) is 0. The van der Waals surface area contributed by atoms with E-state index in [1.54, 1.807) is 11.8 Å². The lowest BCUT2D eigenvalue weighted by molar-refractivity contribution is -0.122. The van der Waals surface area contributed by atoms with Gasteiger partial charge in [0.1, 0.15) is 5.75 Å². The molecule has 0 aliphatic heterocycles. The average Bonchev–Trinajstić information content (AvgIpc) is 2.61. The Hall–Kier alpha value is -2.45. The molecule has 5 heteroatoms. The van der Waals surface area contributed by atoms with Crippen molar-refractivity contribution in [3.8, 4) is 11.8 Å². The predicted molar refractivity (Wildman–Crippen MR) is 102 cm³/mol. The highest BCUT2D eigenvalue weighted by Crippen LogP contribution is 2.22. The van der Waals surface area contributed by atoms with Gasteiger partial charge in [0.25, 0.3) is 5.91 Å². The summed E-state index contributed by atoms with van der Waals surface area (Å²) in [6, 6.07) is 15.7. The van der Waals surface area contributed by atoms with Crippen LogP contribution in [0.15, 0.2) is 42.5 Å². The van der Waals surface area contributed by atoms with E-state index >= 15 is 0 Å². The van der Waals surface area contributed by atoms with Crippen LogP contribution in [-0.2, 0) is 10.5 Å². The first-order valence-corrected chi connectivity index (χ1v) is 9.28. The van der Waals surface area contributed by atoms with Gasteiger partial charge in [-0.05, 0) is 36.6 Å². The molecule has 2 aromatic carbocycles. The van der Waals surface area contributed by atoms with Gasteiger partial charge in [-0.25, -0.2) is 0 Å². The second kappa shape index (κ2) is 9.75. The number of nitrogens with zero attached hydrogens (tertiary/aromatic N) is 1. The number of thioether (sulfide) groups is 1. The molecule has 4 nitrogen and oxygen atoms in total. The van der Waals surface area contributed by atoms with Crippen molar-refractivity contribution >= 4 is 17.7 Å². The Balaban J connectivity index is 1.67. The molecule has 0 saturated carbocycles. The van der Waals surface area contributed by atoms with Gasteiger partial charge in [-0.15, -0.1) is 0 Å². The molecular weight excluding hydrogens is 332 g/mol. The molecule has 0 aromatic heterocycles. The molecule has 0 radical (unpaired) electrons. The van der Waals surface area contributed by atoms with Crippen LogP contribution >= 0.6 is 11.8 Å². The predicted octanol–water partition coefficient (Wildman–Crippen LogP) is 3.60. The lowest BCUT2D eigenvalue weighted by Gasteiger charge is -2.12. The number of carbonyl (C=O) groups excluding carboxylic acids is 1. The first-order valence-electron chi connectivity index (χ1n) is 8.13. The van der Waals surface area contributed by atoms with Crippen LogP contribution in [0.2, 0.25) is 0 Å². The molecule has 0 spiro atoms. The lowest BCUT2D eigenvalue weighted by Crippen LogP contribution is -2.30. The third kappa shape index (κ3) is 5.84. The van der Waals surface area contributed by atoms with E-state index < -0.39 is 0 Å². The molecule has 0 atom stereocenters. The molecule has 0 aliphatic carbocycles. The first kappa shape index (κ1) is 18.9. The van der Waals surface area contributed by atoms with Gasteiger partial charge in [0.2, 0.25) is 0 Å².